The summed E-state index contributed by atoms with van der Waals surface area (Å²) in [5, 5.41) is 1.21. The number of rotatable bonds is 7. The average molecular weight is 853 g/mol. The van der Waals surface area contributed by atoms with Gasteiger partial charge >= 0.3 is 12.4 Å². The normalized spacial score (nSPS) is 12.1. The van der Waals surface area contributed by atoms with Crippen LogP contribution in [0.3, 0.4) is 0 Å². The van der Waals surface area contributed by atoms with Crippen molar-refractivity contribution in [1.29, 1.82) is 0 Å². The zero-order chi connectivity index (χ0) is 44.5. The number of aromatic nitrogens is 3. The minimum Gasteiger partial charge on any atom is -0.454 e. The van der Waals surface area contributed by atoms with Gasteiger partial charge in [-0.25, -0.2) is 0 Å². The van der Waals surface area contributed by atoms with E-state index < -0.39 is 23.5 Å². The lowest BCUT2D eigenvalue weighted by atomic mass is 9.99. The molecule has 12 heteroatoms. The number of fused-ring (bicyclic) bond motifs is 2. The molecular formula is C51H38F6N4O2. The molecule has 0 N–H and O–H groups in total. The highest BCUT2D eigenvalue weighted by molar-refractivity contribution is 5.96. The van der Waals surface area contributed by atoms with Crippen molar-refractivity contribution in [2.75, 3.05) is 4.90 Å². The molecule has 0 spiro atoms. The highest BCUT2D eigenvalue weighted by atomic mass is 19.4. The average Bonchev–Trinajstić information content (AvgIpc) is 3.86. The van der Waals surface area contributed by atoms with E-state index in [-0.39, 0.29) is 50.7 Å². The molecule has 0 aliphatic heterocycles. The molecule has 0 unspecified atom stereocenters. The van der Waals surface area contributed by atoms with Gasteiger partial charge in [0.25, 0.3) is 0 Å². The Morgan fingerprint density at radius 1 is 0.460 bits per heavy atom. The molecule has 0 aliphatic rings. The number of nitrogens with zero attached hydrogens (tertiary/aromatic N) is 4. The Hall–Kier alpha value is -7.21. The molecular weight excluding hydrogens is 815 g/mol. The van der Waals surface area contributed by atoms with E-state index in [4.69, 9.17) is 8.83 Å². The van der Waals surface area contributed by atoms with Crippen molar-refractivity contribution in [2.24, 2.45) is 0 Å². The van der Waals surface area contributed by atoms with E-state index in [9.17, 15) is 0 Å². The zero-order valence-electron chi connectivity index (χ0n) is 34.9. The summed E-state index contributed by atoms with van der Waals surface area (Å²) < 4.78 is 103. The second-order valence-electron chi connectivity index (χ2n) is 15.8. The van der Waals surface area contributed by atoms with Gasteiger partial charge in [0.1, 0.15) is 22.9 Å². The first-order valence-electron chi connectivity index (χ1n) is 20.0. The number of anilines is 3. The third kappa shape index (κ3) is 7.49. The lowest BCUT2D eigenvalue weighted by Crippen LogP contribution is -2.17. The molecule has 0 aliphatic carbocycles. The molecule has 0 radical (unpaired) electrons. The van der Waals surface area contributed by atoms with Crippen LogP contribution >= 0.6 is 0 Å². The van der Waals surface area contributed by atoms with Crippen molar-refractivity contribution in [3.05, 3.63) is 166 Å². The van der Waals surface area contributed by atoms with Gasteiger partial charge in [-0.3, -0.25) is 15.0 Å². The number of hydrogen-bond donors (Lipinski definition) is 0. The highest BCUT2D eigenvalue weighted by Gasteiger charge is 2.35. The van der Waals surface area contributed by atoms with Crippen LogP contribution in [0, 0.1) is 41.5 Å². The second-order valence-corrected chi connectivity index (χ2v) is 15.8. The van der Waals surface area contributed by atoms with Gasteiger partial charge in [0.05, 0.1) is 22.5 Å². The number of benzene rings is 4. The molecule has 9 rings (SSSR count). The summed E-state index contributed by atoms with van der Waals surface area (Å²) in [5.41, 5.74) is 5.21. The highest BCUT2D eigenvalue weighted by Crippen LogP contribution is 2.47. The van der Waals surface area contributed by atoms with Crippen LogP contribution in [-0.4, -0.2) is 15.0 Å². The van der Waals surface area contributed by atoms with Crippen molar-refractivity contribution in [3.8, 4) is 45.2 Å². The van der Waals surface area contributed by atoms with Crippen LogP contribution in [0.5, 0.6) is 0 Å². The fourth-order valence-electron chi connectivity index (χ4n) is 8.51. The molecule has 316 valence electrons. The first kappa shape index (κ1) is 41.2. The van der Waals surface area contributed by atoms with Crippen molar-refractivity contribution in [3.63, 3.8) is 0 Å². The van der Waals surface area contributed by atoms with Crippen LogP contribution in [0.15, 0.2) is 131 Å². The summed E-state index contributed by atoms with van der Waals surface area (Å²) >= 11 is 0. The predicted molar refractivity (Wildman–Crippen MR) is 234 cm³/mol. The van der Waals surface area contributed by atoms with Gasteiger partial charge in [0.2, 0.25) is 0 Å². The molecule has 0 saturated heterocycles. The minimum absolute atomic E-state index is 0.0327. The molecule has 0 amide bonds. The number of hydrogen-bond acceptors (Lipinski definition) is 6. The summed E-state index contributed by atoms with van der Waals surface area (Å²) in [4.78, 5) is 14.9. The largest absolute Gasteiger partial charge is 0.454 e. The zero-order valence-corrected chi connectivity index (χ0v) is 34.9. The molecule has 5 heterocycles. The van der Waals surface area contributed by atoms with E-state index in [1.165, 1.54) is 35.6 Å². The van der Waals surface area contributed by atoms with Crippen molar-refractivity contribution < 1.29 is 35.2 Å². The quantitative estimate of drug-likeness (QED) is 0.149. The van der Waals surface area contributed by atoms with Gasteiger partial charge in [-0.15, -0.1) is 0 Å². The Morgan fingerprint density at radius 3 is 1.27 bits per heavy atom. The van der Waals surface area contributed by atoms with Crippen LogP contribution in [0.2, 0.25) is 0 Å². The lowest BCUT2D eigenvalue weighted by Gasteiger charge is -2.30. The standard InChI is InChI=1S/C51H38F6N4O2/c1-27-9-7-10-28(2)43(27)41-23-33-14-17-59-45(48(33)62-41)35-19-37(50(52,53)54)25-39(21-35)61(47-31(5)13-16-58-32(47)6)40-22-36(20-38(26-40)51(55,56)57)46-49-34(15-18-60-46)24-42(63-49)44-29(3)11-8-12-30(44)4/h7-26H,1-6H3. The summed E-state index contributed by atoms with van der Waals surface area (Å²) in [5.74, 6) is 1.03. The summed E-state index contributed by atoms with van der Waals surface area (Å²) in [6.45, 7) is 11.1. The Kier molecular flexibility index (Phi) is 10.00. The van der Waals surface area contributed by atoms with Crippen LogP contribution in [0.4, 0.5) is 43.4 Å². The number of furan rings is 2. The van der Waals surface area contributed by atoms with E-state index in [0.29, 0.717) is 33.6 Å². The molecule has 0 fully saturated rings. The topological polar surface area (TPSA) is 68.2 Å². The number of pyridine rings is 3. The molecule has 6 nitrogen and oxygen atoms in total. The molecule has 4 aromatic carbocycles. The van der Waals surface area contributed by atoms with Gasteiger partial charge in [0.15, 0.2) is 11.2 Å². The third-order valence-corrected chi connectivity index (χ3v) is 11.4. The third-order valence-electron chi connectivity index (χ3n) is 11.4. The molecule has 63 heavy (non-hydrogen) atoms. The van der Waals surface area contributed by atoms with Crippen LogP contribution in [0.1, 0.15) is 44.6 Å². The summed E-state index contributed by atoms with van der Waals surface area (Å²) in [6.07, 6.45) is -5.24. The Morgan fingerprint density at radius 2 is 0.873 bits per heavy atom. The molecule has 0 saturated carbocycles. The smallest absolute Gasteiger partial charge is 0.416 e. The number of aryl methyl sites for hydroxylation is 6. The van der Waals surface area contributed by atoms with Gasteiger partial charge in [-0.2, -0.15) is 26.3 Å². The molecule has 0 bridgehead atoms. The van der Waals surface area contributed by atoms with Gasteiger partial charge in [-0.05, 0) is 136 Å². The SMILES string of the molecule is Cc1cccc(C)c1-c1cc2ccnc(-c3cc(N(c4cc(-c5nccc6cc(-c7c(C)cccc7C)oc56)cc(C(F)(F)F)c4)c4c(C)ccnc4C)cc(C(F)(F)F)c3)c2o1. The lowest BCUT2D eigenvalue weighted by molar-refractivity contribution is -0.138. The van der Waals surface area contributed by atoms with Crippen molar-refractivity contribution in [2.45, 2.75) is 53.9 Å². The second kappa shape index (κ2) is 15.3. The number of halogens is 6. The fraction of sp³-hybridized carbons (Fsp3) is 0.157. The first-order valence-corrected chi connectivity index (χ1v) is 20.0. The van der Waals surface area contributed by atoms with Crippen LogP contribution < -0.4 is 4.90 Å². The molecule has 5 aromatic heterocycles. The van der Waals surface area contributed by atoms with Crippen molar-refractivity contribution >= 4 is 39.0 Å². The van der Waals surface area contributed by atoms with E-state index in [1.54, 1.807) is 32.0 Å². The Bertz CT molecular complexity index is 3000. The summed E-state index contributed by atoms with van der Waals surface area (Å²) in [7, 11) is 0. The Labute approximate surface area is 358 Å². The monoisotopic (exact) mass is 852 g/mol. The first-order chi connectivity index (χ1) is 30.0. The van der Waals surface area contributed by atoms with Crippen LogP contribution in [-0.2, 0) is 12.4 Å². The van der Waals surface area contributed by atoms with Gasteiger partial charge in [-0.1, -0.05) is 36.4 Å². The molecule has 9 aromatic rings. The van der Waals surface area contributed by atoms with Crippen LogP contribution in [0.25, 0.3) is 67.1 Å². The Balaban J connectivity index is 1.30. The van der Waals surface area contributed by atoms with E-state index >= 15 is 26.3 Å². The fourth-order valence-corrected chi connectivity index (χ4v) is 8.51. The van der Waals surface area contributed by atoms with Crippen molar-refractivity contribution in [1.82, 2.24) is 15.0 Å². The molecule has 0 atom stereocenters. The summed E-state index contributed by atoms with van der Waals surface area (Å²) in [6, 6.07) is 27.1. The maximum Gasteiger partial charge on any atom is 0.416 e. The van der Waals surface area contributed by atoms with E-state index in [0.717, 1.165) is 57.6 Å². The predicted octanol–water partition coefficient (Wildman–Crippen LogP) is 15.4. The maximum absolute atomic E-state index is 15.1. The van der Waals surface area contributed by atoms with Gasteiger partial charge in [0, 0.05) is 63.0 Å². The number of alkyl halides is 6. The maximum atomic E-state index is 15.1. The van der Waals surface area contributed by atoms with E-state index in [1.807, 2.05) is 76.2 Å². The minimum atomic E-state index is -4.87. The van der Waals surface area contributed by atoms with Gasteiger partial charge < -0.3 is 13.7 Å². The van der Waals surface area contributed by atoms with E-state index in [2.05, 4.69) is 15.0 Å².